The third-order valence-corrected chi connectivity index (χ3v) is 8.64. The van der Waals surface area contributed by atoms with Crippen molar-refractivity contribution in [3.05, 3.63) is 47.8 Å². The van der Waals surface area contributed by atoms with Crippen molar-refractivity contribution in [1.29, 1.82) is 0 Å². The van der Waals surface area contributed by atoms with Crippen LogP contribution in [-0.4, -0.2) is 81.4 Å². The van der Waals surface area contributed by atoms with E-state index in [1.54, 1.807) is 48.1 Å². The van der Waals surface area contributed by atoms with Crippen molar-refractivity contribution in [1.82, 2.24) is 19.6 Å². The number of hydrogen-bond acceptors (Lipinski definition) is 6. The van der Waals surface area contributed by atoms with Gasteiger partial charge in [0.2, 0.25) is 0 Å². The Balaban J connectivity index is 1.36. The predicted octanol–water partition coefficient (Wildman–Crippen LogP) is 2.31. The fraction of sp³-hybridized carbons (Fsp3) is 0.385. The SMILES string of the molecule is CNC(=O)c1ccc(NCC#Cc2cc3c(NC45CCN(C)CC4C5)nccn3c2[Se](F)F)c(OC)c1. The molecule has 3 heterocycles. The number of hydrogen-bond donors (Lipinski definition) is 3. The Labute approximate surface area is 219 Å². The van der Waals surface area contributed by atoms with Crippen molar-refractivity contribution in [2.45, 2.75) is 18.4 Å². The van der Waals surface area contributed by atoms with Crippen molar-refractivity contribution in [2.24, 2.45) is 5.92 Å². The summed E-state index contributed by atoms with van der Waals surface area (Å²) in [6.45, 7) is 2.26. The van der Waals surface area contributed by atoms with Crippen molar-refractivity contribution >= 4 is 42.3 Å². The number of nitrogens with zero attached hydrogens (tertiary/aromatic N) is 3. The maximum absolute atomic E-state index is 14.2. The monoisotopic (exact) mass is 575 g/mol. The molecule has 1 aliphatic carbocycles. The van der Waals surface area contributed by atoms with E-state index in [1.165, 1.54) is 7.11 Å². The molecule has 11 heteroatoms. The summed E-state index contributed by atoms with van der Waals surface area (Å²) in [6.07, 6.45) is 5.25. The number of benzene rings is 1. The van der Waals surface area contributed by atoms with E-state index in [2.05, 4.69) is 44.7 Å². The zero-order valence-corrected chi connectivity index (χ0v) is 22.6. The van der Waals surface area contributed by atoms with Crippen LogP contribution in [-0.2, 0) is 0 Å². The van der Waals surface area contributed by atoms with Crippen LogP contribution in [0.25, 0.3) is 5.52 Å². The van der Waals surface area contributed by atoms with E-state index in [0.717, 1.165) is 25.9 Å². The summed E-state index contributed by atoms with van der Waals surface area (Å²) in [5.74, 6) is 7.36. The Morgan fingerprint density at radius 1 is 1.35 bits per heavy atom. The Hall–Kier alpha value is -3.32. The molecule has 2 atom stereocenters. The van der Waals surface area contributed by atoms with Gasteiger partial charge in [-0.3, -0.25) is 0 Å². The number of nitrogens with one attached hydrogen (secondary N) is 3. The first-order valence-corrected chi connectivity index (χ1v) is 14.2. The number of halogens is 2. The molecule has 8 nitrogen and oxygen atoms in total. The Bertz CT molecular complexity index is 1400. The molecular weight excluding hydrogens is 545 g/mol. The molecule has 37 heavy (non-hydrogen) atoms. The van der Waals surface area contributed by atoms with Gasteiger partial charge in [-0.05, 0) is 0 Å². The summed E-state index contributed by atoms with van der Waals surface area (Å²) in [6, 6.07) is 6.75. The van der Waals surface area contributed by atoms with Gasteiger partial charge in [0, 0.05) is 7.05 Å². The quantitative estimate of drug-likeness (QED) is 0.297. The van der Waals surface area contributed by atoms with Gasteiger partial charge in [0.05, 0.1) is 0 Å². The van der Waals surface area contributed by atoms with E-state index < -0.39 is 14.8 Å². The van der Waals surface area contributed by atoms with E-state index in [-0.39, 0.29) is 22.6 Å². The Morgan fingerprint density at radius 2 is 2.19 bits per heavy atom. The molecule has 2 unspecified atom stereocenters. The average Bonchev–Trinajstić information content (AvgIpc) is 3.45. The van der Waals surface area contributed by atoms with Gasteiger partial charge < -0.3 is 0 Å². The fourth-order valence-electron chi connectivity index (χ4n) is 5.06. The predicted molar refractivity (Wildman–Crippen MR) is 141 cm³/mol. The number of amides is 1. The summed E-state index contributed by atoms with van der Waals surface area (Å²) in [4.78, 5) is 18.7. The number of aromatic nitrogens is 2. The Kier molecular flexibility index (Phi) is 6.99. The van der Waals surface area contributed by atoms with Crippen LogP contribution in [0.15, 0.2) is 36.7 Å². The molecule has 1 aliphatic heterocycles. The van der Waals surface area contributed by atoms with Crippen LogP contribution in [0.1, 0.15) is 28.8 Å². The Morgan fingerprint density at radius 3 is 2.92 bits per heavy atom. The van der Waals surface area contributed by atoms with Crippen molar-refractivity contribution in [2.75, 3.05) is 51.5 Å². The van der Waals surface area contributed by atoms with Gasteiger partial charge >= 0.3 is 213 Å². The summed E-state index contributed by atoms with van der Waals surface area (Å²) in [5.41, 5.74) is 2.08. The van der Waals surface area contributed by atoms with E-state index in [9.17, 15) is 11.9 Å². The van der Waals surface area contributed by atoms with Gasteiger partial charge in [-0.2, -0.15) is 0 Å². The molecule has 1 saturated heterocycles. The van der Waals surface area contributed by atoms with Gasteiger partial charge in [-0.25, -0.2) is 0 Å². The van der Waals surface area contributed by atoms with E-state index in [1.807, 2.05) is 0 Å². The van der Waals surface area contributed by atoms with Crippen LogP contribution in [0.3, 0.4) is 0 Å². The number of carbonyl (C=O) groups is 1. The van der Waals surface area contributed by atoms with E-state index >= 15 is 0 Å². The van der Waals surface area contributed by atoms with Gasteiger partial charge in [0.25, 0.3) is 0 Å². The third kappa shape index (κ3) is 4.97. The number of rotatable bonds is 7. The minimum atomic E-state index is -4.03. The number of ether oxygens (including phenoxy) is 1. The standard InChI is InChI=1S/C26H29F2N6O2Se/c1-29-24(35)17-6-7-20(22(14-17)36-3)30-9-4-5-18-13-21-23(31-10-12-34(21)25(18)37(27)28)32-26-8-11-33(2)16-19(26)15-26/h6-7,10,12-14,19,30H,8-9,11,15-16H2,1-3H3,(H,29,35)(H,31,32). The molecule has 1 aromatic carbocycles. The zero-order chi connectivity index (χ0) is 26.2. The first-order valence-electron chi connectivity index (χ1n) is 12.0. The van der Waals surface area contributed by atoms with Gasteiger partial charge in [0.1, 0.15) is 0 Å². The van der Waals surface area contributed by atoms with Crippen molar-refractivity contribution in [3.63, 3.8) is 0 Å². The first-order chi connectivity index (χ1) is 17.8. The molecule has 3 N–H and O–H groups in total. The number of methoxy groups -OCH3 is 1. The van der Waals surface area contributed by atoms with Crippen molar-refractivity contribution < 1.29 is 16.6 Å². The normalized spacial score (nSPS) is 20.6. The van der Waals surface area contributed by atoms with Crippen LogP contribution in [0.4, 0.5) is 18.6 Å². The van der Waals surface area contributed by atoms with Crippen LogP contribution < -0.4 is 25.3 Å². The molecule has 0 spiro atoms. The molecular formula is C26H29F2N6O2Se. The molecule has 0 bridgehead atoms. The van der Waals surface area contributed by atoms with E-state index in [4.69, 9.17) is 4.74 Å². The molecule has 1 amide bonds. The molecule has 195 valence electrons. The first kappa shape index (κ1) is 25.3. The number of fused-ring (bicyclic) bond motifs is 2. The second-order valence-corrected chi connectivity index (χ2v) is 11.2. The molecule has 1 radical (unpaired) electrons. The number of carbonyl (C=O) groups excluding carboxylic acids is 1. The van der Waals surface area contributed by atoms with Crippen LogP contribution >= 0.6 is 0 Å². The molecule has 2 aromatic heterocycles. The minimum absolute atomic E-state index is 0.00900. The molecule has 2 aliphatic rings. The average molecular weight is 575 g/mol. The number of piperidine rings is 1. The molecule has 1 saturated carbocycles. The van der Waals surface area contributed by atoms with Gasteiger partial charge in [-0.1, -0.05) is 0 Å². The molecule has 3 aromatic rings. The van der Waals surface area contributed by atoms with E-state index in [0.29, 0.717) is 39.8 Å². The van der Waals surface area contributed by atoms with Crippen LogP contribution in [0.5, 0.6) is 5.75 Å². The number of likely N-dealkylation sites (tertiary alicyclic amines) is 1. The third-order valence-electron chi connectivity index (χ3n) is 7.15. The second kappa shape index (κ2) is 10.2. The number of anilines is 2. The summed E-state index contributed by atoms with van der Waals surface area (Å²) >= 11 is -4.03. The summed E-state index contributed by atoms with van der Waals surface area (Å²) < 4.78 is 35.4. The molecule has 5 rings (SSSR count). The topological polar surface area (TPSA) is 82.9 Å². The van der Waals surface area contributed by atoms with Gasteiger partial charge in [-0.15, -0.1) is 0 Å². The summed E-state index contributed by atoms with van der Waals surface area (Å²) in [7, 11) is 5.20. The summed E-state index contributed by atoms with van der Waals surface area (Å²) in [5, 5.41) is 9.31. The van der Waals surface area contributed by atoms with Gasteiger partial charge in [0.15, 0.2) is 0 Å². The zero-order valence-electron chi connectivity index (χ0n) is 20.9. The second-order valence-electron chi connectivity index (χ2n) is 9.45. The molecule has 2 fully saturated rings. The van der Waals surface area contributed by atoms with Crippen LogP contribution in [0.2, 0.25) is 0 Å². The fourth-order valence-corrected chi connectivity index (χ4v) is 6.28. The van der Waals surface area contributed by atoms with Crippen LogP contribution in [0, 0.1) is 17.8 Å². The van der Waals surface area contributed by atoms with Crippen molar-refractivity contribution in [3.8, 4) is 17.6 Å². The maximum atomic E-state index is 14.2.